The number of piperidine rings is 1. The number of morpholine rings is 1. The van der Waals surface area contributed by atoms with Crippen molar-refractivity contribution >= 4 is 40.0 Å². The zero-order valence-corrected chi connectivity index (χ0v) is 15.5. The first-order valence-corrected chi connectivity index (χ1v) is 8.89. The maximum atomic E-state index is 11.4. The van der Waals surface area contributed by atoms with E-state index < -0.39 is 10.0 Å². The Morgan fingerprint density at radius 3 is 2.33 bits per heavy atom. The molecule has 2 fully saturated rings. The van der Waals surface area contributed by atoms with Crippen LogP contribution in [0.3, 0.4) is 0 Å². The highest BCUT2D eigenvalue weighted by Gasteiger charge is 2.24. The Morgan fingerprint density at radius 2 is 1.81 bits per heavy atom. The molecule has 0 aromatic rings. The molecule has 0 amide bonds. The number of nitrogens with zero attached hydrogens (tertiary/aromatic N) is 3. The van der Waals surface area contributed by atoms with Crippen molar-refractivity contribution in [1.82, 2.24) is 9.21 Å². The highest BCUT2D eigenvalue weighted by Crippen LogP contribution is 2.19. The van der Waals surface area contributed by atoms with Gasteiger partial charge in [0.15, 0.2) is 5.96 Å². The fourth-order valence-corrected chi connectivity index (χ4v) is 3.41. The maximum Gasteiger partial charge on any atom is 0.211 e. The summed E-state index contributed by atoms with van der Waals surface area (Å²) in [5, 5.41) is 0. The van der Waals surface area contributed by atoms with Crippen LogP contribution in [0.25, 0.3) is 0 Å². The zero-order valence-electron chi connectivity index (χ0n) is 12.4. The van der Waals surface area contributed by atoms with Crippen molar-refractivity contribution < 1.29 is 13.2 Å². The van der Waals surface area contributed by atoms with Crippen LogP contribution in [0.4, 0.5) is 0 Å². The normalized spacial score (nSPS) is 22.9. The molecule has 124 valence electrons. The Kier molecular flexibility index (Phi) is 7.65. The van der Waals surface area contributed by atoms with Crippen molar-refractivity contribution in [1.29, 1.82) is 0 Å². The summed E-state index contributed by atoms with van der Waals surface area (Å²) in [5.41, 5.74) is 5.98. The molecule has 0 aliphatic carbocycles. The van der Waals surface area contributed by atoms with Gasteiger partial charge in [0.2, 0.25) is 10.0 Å². The molecule has 9 heteroatoms. The molecular formula is C12H25IN4O3S. The Bertz CT molecular complexity index is 443. The van der Waals surface area contributed by atoms with E-state index in [1.807, 2.05) is 4.90 Å². The van der Waals surface area contributed by atoms with Crippen LogP contribution in [-0.2, 0) is 14.8 Å². The summed E-state index contributed by atoms with van der Waals surface area (Å²) in [6.07, 6.45) is 2.97. The molecule has 0 spiro atoms. The van der Waals surface area contributed by atoms with Gasteiger partial charge in [-0.2, -0.15) is 0 Å². The standard InChI is InChI=1S/C12H24N4O3S.HI/c1-20(17,18)16-4-2-11(3-5-16)10-14-12(13)15-6-8-19-9-7-15;/h11H,2-10H2,1H3,(H2,13,14);1H. The molecule has 0 saturated carbocycles. The Labute approximate surface area is 144 Å². The van der Waals surface area contributed by atoms with Crippen LogP contribution in [0.5, 0.6) is 0 Å². The summed E-state index contributed by atoms with van der Waals surface area (Å²) >= 11 is 0. The molecule has 0 unspecified atom stereocenters. The van der Waals surface area contributed by atoms with Gasteiger partial charge in [-0.25, -0.2) is 12.7 Å². The molecule has 21 heavy (non-hydrogen) atoms. The molecule has 0 aromatic heterocycles. The van der Waals surface area contributed by atoms with Crippen LogP contribution < -0.4 is 5.73 Å². The van der Waals surface area contributed by atoms with Crippen molar-refractivity contribution in [3.8, 4) is 0 Å². The minimum atomic E-state index is -3.05. The predicted molar refractivity (Wildman–Crippen MR) is 93.4 cm³/mol. The van der Waals surface area contributed by atoms with Crippen molar-refractivity contribution in [3.63, 3.8) is 0 Å². The van der Waals surface area contributed by atoms with Gasteiger partial charge in [0, 0.05) is 32.7 Å². The molecular weight excluding hydrogens is 407 g/mol. The van der Waals surface area contributed by atoms with Gasteiger partial charge in [-0.05, 0) is 18.8 Å². The van der Waals surface area contributed by atoms with E-state index in [-0.39, 0.29) is 24.0 Å². The van der Waals surface area contributed by atoms with Crippen LogP contribution in [-0.4, -0.2) is 75.8 Å². The predicted octanol–water partition coefficient (Wildman–Crippen LogP) is -0.0771. The summed E-state index contributed by atoms with van der Waals surface area (Å²) in [5.74, 6) is 1.01. The van der Waals surface area contributed by atoms with E-state index >= 15 is 0 Å². The van der Waals surface area contributed by atoms with Gasteiger partial charge < -0.3 is 15.4 Å². The quantitative estimate of drug-likeness (QED) is 0.383. The van der Waals surface area contributed by atoms with Crippen molar-refractivity contribution in [3.05, 3.63) is 0 Å². The van der Waals surface area contributed by atoms with Crippen LogP contribution in [0, 0.1) is 5.92 Å². The summed E-state index contributed by atoms with van der Waals surface area (Å²) in [6.45, 7) is 4.85. The second-order valence-corrected chi connectivity index (χ2v) is 7.39. The summed E-state index contributed by atoms with van der Waals surface area (Å²) < 4.78 is 29.7. The lowest BCUT2D eigenvalue weighted by atomic mass is 9.98. The molecule has 0 aromatic carbocycles. The second-order valence-electron chi connectivity index (χ2n) is 5.40. The van der Waals surface area contributed by atoms with Crippen LogP contribution in [0.2, 0.25) is 0 Å². The number of halogens is 1. The second kappa shape index (κ2) is 8.49. The minimum absolute atomic E-state index is 0. The van der Waals surface area contributed by atoms with Gasteiger partial charge >= 0.3 is 0 Å². The average Bonchev–Trinajstić information content (AvgIpc) is 2.45. The molecule has 2 saturated heterocycles. The lowest BCUT2D eigenvalue weighted by Gasteiger charge is -2.30. The number of rotatable bonds is 3. The number of aliphatic imine (C=N–C) groups is 1. The van der Waals surface area contributed by atoms with E-state index in [4.69, 9.17) is 10.5 Å². The molecule has 0 atom stereocenters. The van der Waals surface area contributed by atoms with E-state index in [0.29, 0.717) is 44.7 Å². The first-order valence-electron chi connectivity index (χ1n) is 7.04. The van der Waals surface area contributed by atoms with Gasteiger partial charge in [0.1, 0.15) is 0 Å². The Morgan fingerprint density at radius 1 is 1.24 bits per heavy atom. The van der Waals surface area contributed by atoms with Crippen molar-refractivity contribution in [2.75, 3.05) is 52.2 Å². The first-order chi connectivity index (χ1) is 9.47. The van der Waals surface area contributed by atoms with Crippen LogP contribution in [0.15, 0.2) is 4.99 Å². The molecule has 2 aliphatic heterocycles. The fourth-order valence-electron chi connectivity index (χ4n) is 2.54. The van der Waals surface area contributed by atoms with E-state index in [0.717, 1.165) is 25.9 Å². The lowest BCUT2D eigenvalue weighted by molar-refractivity contribution is 0.0673. The Hall–Kier alpha value is -0.130. The van der Waals surface area contributed by atoms with E-state index in [1.54, 1.807) is 4.31 Å². The van der Waals surface area contributed by atoms with Crippen molar-refractivity contribution in [2.45, 2.75) is 12.8 Å². The fraction of sp³-hybridized carbons (Fsp3) is 0.917. The third-order valence-corrected chi connectivity index (χ3v) is 5.19. The van der Waals surface area contributed by atoms with Crippen LogP contribution in [0.1, 0.15) is 12.8 Å². The van der Waals surface area contributed by atoms with Gasteiger partial charge in [0.05, 0.1) is 19.5 Å². The number of guanidine groups is 1. The van der Waals surface area contributed by atoms with Gasteiger partial charge in [-0.15, -0.1) is 24.0 Å². The van der Waals surface area contributed by atoms with Gasteiger partial charge in [0.25, 0.3) is 0 Å². The first kappa shape index (κ1) is 18.9. The Balaban J connectivity index is 0.00000220. The number of hydrogen-bond acceptors (Lipinski definition) is 4. The highest BCUT2D eigenvalue weighted by atomic mass is 127. The zero-order chi connectivity index (χ0) is 14.6. The molecule has 2 N–H and O–H groups in total. The summed E-state index contributed by atoms with van der Waals surface area (Å²) in [4.78, 5) is 6.49. The smallest absolute Gasteiger partial charge is 0.211 e. The topological polar surface area (TPSA) is 88.2 Å². The molecule has 2 heterocycles. The SMILES string of the molecule is CS(=O)(=O)N1CCC(CN=C(N)N2CCOCC2)CC1.I. The van der Waals surface area contributed by atoms with E-state index in [2.05, 4.69) is 4.99 Å². The number of hydrogen-bond donors (Lipinski definition) is 1. The average molecular weight is 432 g/mol. The van der Waals surface area contributed by atoms with E-state index in [9.17, 15) is 8.42 Å². The van der Waals surface area contributed by atoms with Crippen molar-refractivity contribution in [2.24, 2.45) is 16.6 Å². The number of ether oxygens (including phenoxy) is 1. The lowest BCUT2D eigenvalue weighted by Crippen LogP contribution is -2.45. The van der Waals surface area contributed by atoms with Crippen LogP contribution >= 0.6 is 24.0 Å². The molecule has 0 radical (unpaired) electrons. The molecule has 2 aliphatic rings. The largest absolute Gasteiger partial charge is 0.378 e. The number of nitrogens with two attached hydrogens (primary N) is 1. The molecule has 2 rings (SSSR count). The van der Waals surface area contributed by atoms with Gasteiger partial charge in [-0.1, -0.05) is 0 Å². The number of sulfonamides is 1. The third-order valence-electron chi connectivity index (χ3n) is 3.89. The summed E-state index contributed by atoms with van der Waals surface area (Å²) in [7, 11) is -3.05. The summed E-state index contributed by atoms with van der Waals surface area (Å²) in [6, 6.07) is 0. The highest BCUT2D eigenvalue weighted by molar-refractivity contribution is 14.0. The molecule has 7 nitrogen and oxygen atoms in total. The molecule has 0 bridgehead atoms. The third kappa shape index (κ3) is 5.87. The van der Waals surface area contributed by atoms with Gasteiger partial charge in [-0.3, -0.25) is 4.99 Å². The monoisotopic (exact) mass is 432 g/mol. The van der Waals surface area contributed by atoms with E-state index in [1.165, 1.54) is 6.26 Å². The minimum Gasteiger partial charge on any atom is -0.378 e. The maximum absolute atomic E-state index is 11.4.